The number of phenols is 1. The third kappa shape index (κ3) is 2.52. The maximum Gasteiger partial charge on any atom is 0.144 e. The van der Waals surface area contributed by atoms with Crippen LogP contribution >= 0.6 is 12.4 Å². The topological polar surface area (TPSA) is 40.5 Å². The van der Waals surface area contributed by atoms with E-state index in [9.17, 15) is 9.90 Å². The Kier molecular flexibility index (Phi) is 4.77. The lowest BCUT2D eigenvalue weighted by Gasteiger charge is -2.27. The molecule has 0 spiro atoms. The molecule has 1 fully saturated rings. The largest absolute Gasteiger partial charge is 0.508 e. The fraction of sp³-hybridized carbons (Fsp3) is 0.500. The van der Waals surface area contributed by atoms with Gasteiger partial charge in [-0.1, -0.05) is 19.1 Å². The van der Waals surface area contributed by atoms with Crippen molar-refractivity contribution in [2.75, 3.05) is 20.1 Å². The number of carbonyl (C=O) groups excluding carboxylic acids is 1. The molecule has 2 rings (SSSR count). The van der Waals surface area contributed by atoms with Gasteiger partial charge in [-0.05, 0) is 37.7 Å². The number of hydrogen-bond acceptors (Lipinski definition) is 3. The molecule has 3 nitrogen and oxygen atoms in total. The molecule has 1 aliphatic heterocycles. The van der Waals surface area contributed by atoms with E-state index >= 15 is 0 Å². The first-order valence-electron chi connectivity index (χ1n) is 6.10. The lowest BCUT2D eigenvalue weighted by molar-refractivity contribution is -0.123. The van der Waals surface area contributed by atoms with Crippen molar-refractivity contribution in [3.05, 3.63) is 29.8 Å². The fourth-order valence-electron chi connectivity index (χ4n) is 2.77. The molecule has 100 valence electrons. The van der Waals surface area contributed by atoms with Crippen LogP contribution < -0.4 is 0 Å². The van der Waals surface area contributed by atoms with Crippen molar-refractivity contribution < 1.29 is 9.90 Å². The van der Waals surface area contributed by atoms with E-state index in [2.05, 4.69) is 4.90 Å². The zero-order valence-corrected chi connectivity index (χ0v) is 11.7. The van der Waals surface area contributed by atoms with Crippen LogP contribution in [-0.2, 0) is 10.2 Å². The molecule has 0 bridgehead atoms. The third-order valence-corrected chi connectivity index (χ3v) is 3.71. The summed E-state index contributed by atoms with van der Waals surface area (Å²) in [7, 11) is 2.04. The van der Waals surface area contributed by atoms with Crippen molar-refractivity contribution in [1.82, 2.24) is 4.90 Å². The first kappa shape index (κ1) is 15.0. The zero-order chi connectivity index (χ0) is 12.5. The molecule has 1 unspecified atom stereocenters. The predicted octanol–water partition coefficient (Wildman–Crippen LogP) is 2.37. The van der Waals surface area contributed by atoms with Gasteiger partial charge in [0.05, 0.1) is 5.41 Å². The van der Waals surface area contributed by atoms with Gasteiger partial charge < -0.3 is 10.0 Å². The molecule has 1 aliphatic rings. The highest BCUT2D eigenvalue weighted by Crippen LogP contribution is 2.37. The molecule has 4 heteroatoms. The summed E-state index contributed by atoms with van der Waals surface area (Å²) >= 11 is 0. The van der Waals surface area contributed by atoms with Crippen LogP contribution in [0.15, 0.2) is 24.3 Å². The summed E-state index contributed by atoms with van der Waals surface area (Å²) in [4.78, 5) is 14.5. The number of halogens is 1. The zero-order valence-electron chi connectivity index (χ0n) is 10.8. The molecule has 1 aromatic rings. The average Bonchev–Trinajstić information content (AvgIpc) is 2.72. The lowest BCUT2D eigenvalue weighted by Crippen LogP contribution is -2.38. The monoisotopic (exact) mass is 269 g/mol. The van der Waals surface area contributed by atoms with Crippen molar-refractivity contribution in [3.8, 4) is 5.75 Å². The van der Waals surface area contributed by atoms with Crippen molar-refractivity contribution >= 4 is 18.2 Å². The molecule has 0 saturated carbocycles. The molecule has 0 amide bonds. The Bertz CT molecular complexity index is 436. The van der Waals surface area contributed by atoms with Crippen molar-refractivity contribution in [1.29, 1.82) is 0 Å². The van der Waals surface area contributed by atoms with Gasteiger partial charge in [0, 0.05) is 13.0 Å². The average molecular weight is 270 g/mol. The smallest absolute Gasteiger partial charge is 0.144 e. The van der Waals surface area contributed by atoms with E-state index < -0.39 is 5.41 Å². The van der Waals surface area contributed by atoms with Crippen LogP contribution in [0.3, 0.4) is 0 Å². The molecule has 0 aromatic heterocycles. The van der Waals surface area contributed by atoms with Crippen molar-refractivity contribution in [2.45, 2.75) is 25.2 Å². The molecule has 1 atom stereocenters. The highest BCUT2D eigenvalue weighted by molar-refractivity contribution is 5.90. The third-order valence-electron chi connectivity index (χ3n) is 3.71. The minimum absolute atomic E-state index is 0. The molecule has 0 aliphatic carbocycles. The van der Waals surface area contributed by atoms with Crippen LogP contribution in [0.25, 0.3) is 0 Å². The van der Waals surface area contributed by atoms with Crippen LogP contribution in [-0.4, -0.2) is 35.9 Å². The fourth-order valence-corrected chi connectivity index (χ4v) is 2.77. The Morgan fingerprint density at radius 3 is 2.72 bits per heavy atom. The minimum Gasteiger partial charge on any atom is -0.508 e. The van der Waals surface area contributed by atoms with E-state index in [-0.39, 0.29) is 23.9 Å². The number of benzene rings is 1. The molecule has 0 radical (unpaired) electrons. The number of likely N-dealkylation sites (tertiary alicyclic amines) is 1. The van der Waals surface area contributed by atoms with E-state index in [4.69, 9.17) is 0 Å². The second kappa shape index (κ2) is 5.72. The Labute approximate surface area is 114 Å². The van der Waals surface area contributed by atoms with E-state index in [0.717, 1.165) is 25.1 Å². The van der Waals surface area contributed by atoms with E-state index in [1.165, 1.54) is 0 Å². The standard InChI is InChI=1S/C14H19NO2.ClH/c1-3-13(17)14(7-8-15(2)10-14)11-5-4-6-12(16)9-11;/h4-6,9,16H,3,7-8,10H2,1-2H3;1H. The maximum absolute atomic E-state index is 12.3. The number of ketones is 1. The van der Waals surface area contributed by atoms with Gasteiger partial charge in [-0.3, -0.25) is 4.79 Å². The summed E-state index contributed by atoms with van der Waals surface area (Å²) in [5, 5.41) is 9.58. The van der Waals surface area contributed by atoms with E-state index in [1.54, 1.807) is 12.1 Å². The Balaban J connectivity index is 0.00000162. The van der Waals surface area contributed by atoms with Gasteiger partial charge in [0.2, 0.25) is 0 Å². The number of likely N-dealkylation sites (N-methyl/N-ethyl adjacent to an activating group) is 1. The summed E-state index contributed by atoms with van der Waals surface area (Å²) in [6, 6.07) is 7.14. The van der Waals surface area contributed by atoms with Gasteiger partial charge in [-0.25, -0.2) is 0 Å². The summed E-state index contributed by atoms with van der Waals surface area (Å²) in [6.45, 7) is 3.59. The lowest BCUT2D eigenvalue weighted by atomic mass is 9.75. The number of phenolic OH excluding ortho intramolecular Hbond substituents is 1. The predicted molar refractivity (Wildman–Crippen MR) is 74.4 cm³/mol. The molecule has 18 heavy (non-hydrogen) atoms. The molecular formula is C14H20ClNO2. The summed E-state index contributed by atoms with van der Waals surface area (Å²) in [6.07, 6.45) is 1.39. The molecule has 1 saturated heterocycles. The Hall–Kier alpha value is -1.06. The van der Waals surface area contributed by atoms with Crippen LogP contribution in [0.2, 0.25) is 0 Å². The maximum atomic E-state index is 12.3. The van der Waals surface area contributed by atoms with Gasteiger partial charge in [0.15, 0.2) is 0 Å². The number of carbonyl (C=O) groups is 1. The van der Waals surface area contributed by atoms with E-state index in [0.29, 0.717) is 6.42 Å². The Morgan fingerprint density at radius 1 is 1.50 bits per heavy atom. The normalized spacial score (nSPS) is 23.7. The summed E-state index contributed by atoms with van der Waals surface area (Å²) in [5.41, 5.74) is 0.538. The summed E-state index contributed by atoms with van der Waals surface area (Å²) < 4.78 is 0. The quantitative estimate of drug-likeness (QED) is 0.916. The SMILES string of the molecule is CCC(=O)C1(c2cccc(O)c2)CCN(C)C1.Cl. The second-order valence-corrected chi connectivity index (χ2v) is 4.90. The van der Waals surface area contributed by atoms with Crippen molar-refractivity contribution in [2.24, 2.45) is 0 Å². The first-order chi connectivity index (χ1) is 8.08. The van der Waals surface area contributed by atoms with Crippen LogP contribution in [0.5, 0.6) is 5.75 Å². The van der Waals surface area contributed by atoms with Crippen LogP contribution in [0.4, 0.5) is 0 Å². The minimum atomic E-state index is -0.414. The van der Waals surface area contributed by atoms with Gasteiger partial charge in [0.25, 0.3) is 0 Å². The summed E-state index contributed by atoms with van der Waals surface area (Å²) in [5.74, 6) is 0.507. The van der Waals surface area contributed by atoms with Crippen LogP contribution in [0, 0.1) is 0 Å². The highest BCUT2D eigenvalue weighted by Gasteiger charge is 2.43. The number of nitrogens with zero attached hydrogens (tertiary/aromatic N) is 1. The van der Waals surface area contributed by atoms with Gasteiger partial charge >= 0.3 is 0 Å². The van der Waals surface area contributed by atoms with E-state index in [1.807, 2.05) is 26.1 Å². The number of hydrogen-bond donors (Lipinski definition) is 1. The first-order valence-corrected chi connectivity index (χ1v) is 6.10. The molecular weight excluding hydrogens is 250 g/mol. The van der Waals surface area contributed by atoms with Gasteiger partial charge in [-0.2, -0.15) is 0 Å². The molecule has 1 aromatic carbocycles. The molecule has 1 heterocycles. The number of rotatable bonds is 3. The second-order valence-electron chi connectivity index (χ2n) is 4.90. The molecule has 1 N–H and O–H groups in total. The number of Topliss-reactive ketones (excluding diaryl/α,β-unsaturated/α-hetero) is 1. The van der Waals surface area contributed by atoms with Crippen molar-refractivity contribution in [3.63, 3.8) is 0 Å². The van der Waals surface area contributed by atoms with Crippen LogP contribution in [0.1, 0.15) is 25.3 Å². The number of aromatic hydroxyl groups is 1. The Morgan fingerprint density at radius 2 is 2.22 bits per heavy atom. The van der Waals surface area contributed by atoms with Gasteiger partial charge in [0.1, 0.15) is 11.5 Å². The highest BCUT2D eigenvalue weighted by atomic mass is 35.5. The van der Waals surface area contributed by atoms with Gasteiger partial charge in [-0.15, -0.1) is 12.4 Å².